The maximum Gasteiger partial charge on any atom is 0.165 e. The lowest BCUT2D eigenvalue weighted by atomic mass is 10.1. The van der Waals surface area contributed by atoms with Crippen molar-refractivity contribution in [2.75, 3.05) is 6.54 Å². The minimum Gasteiger partial charge on any atom is -0.454 e. The van der Waals surface area contributed by atoms with Crippen molar-refractivity contribution in [2.45, 2.75) is 19.9 Å². The van der Waals surface area contributed by atoms with Gasteiger partial charge in [0.2, 0.25) is 0 Å². The van der Waals surface area contributed by atoms with Crippen molar-refractivity contribution in [3.8, 4) is 11.5 Å². The van der Waals surface area contributed by atoms with E-state index < -0.39 is 5.82 Å². The largest absolute Gasteiger partial charge is 0.454 e. The summed E-state index contributed by atoms with van der Waals surface area (Å²) in [5.41, 5.74) is 0.401. The predicted molar refractivity (Wildman–Crippen MR) is 75.0 cm³/mol. The van der Waals surface area contributed by atoms with Crippen LogP contribution in [0.4, 0.5) is 8.78 Å². The van der Waals surface area contributed by atoms with Crippen molar-refractivity contribution in [3.63, 3.8) is 0 Å². The number of rotatable bonds is 5. The molecule has 0 heterocycles. The van der Waals surface area contributed by atoms with Crippen LogP contribution in [0.5, 0.6) is 11.5 Å². The molecule has 0 spiro atoms. The Morgan fingerprint density at radius 1 is 1.00 bits per heavy atom. The molecule has 1 atom stereocenters. The topological polar surface area (TPSA) is 21.3 Å². The third kappa shape index (κ3) is 3.14. The summed E-state index contributed by atoms with van der Waals surface area (Å²) in [4.78, 5) is 0. The Kier molecular flexibility index (Phi) is 4.69. The van der Waals surface area contributed by atoms with Crippen LogP contribution in [0.3, 0.4) is 0 Å². The van der Waals surface area contributed by atoms with Gasteiger partial charge in [-0.1, -0.05) is 25.1 Å². The van der Waals surface area contributed by atoms with Crippen molar-refractivity contribution in [1.82, 2.24) is 5.32 Å². The number of para-hydroxylation sites is 1. The predicted octanol–water partition coefficient (Wildman–Crippen LogP) is 4.43. The van der Waals surface area contributed by atoms with Crippen LogP contribution < -0.4 is 10.1 Å². The maximum atomic E-state index is 14.0. The molecule has 2 rings (SSSR count). The van der Waals surface area contributed by atoms with Crippen molar-refractivity contribution in [2.24, 2.45) is 0 Å². The van der Waals surface area contributed by atoms with E-state index in [4.69, 9.17) is 4.74 Å². The average molecular weight is 277 g/mol. The second-order valence-electron chi connectivity index (χ2n) is 4.46. The van der Waals surface area contributed by atoms with Crippen LogP contribution >= 0.6 is 0 Å². The van der Waals surface area contributed by atoms with E-state index in [1.165, 1.54) is 18.2 Å². The zero-order valence-corrected chi connectivity index (χ0v) is 11.5. The normalized spacial score (nSPS) is 12.2. The Labute approximate surface area is 117 Å². The van der Waals surface area contributed by atoms with E-state index in [9.17, 15) is 8.78 Å². The molecule has 0 aliphatic rings. The summed E-state index contributed by atoms with van der Waals surface area (Å²) in [5.74, 6) is -0.433. The van der Waals surface area contributed by atoms with E-state index in [2.05, 4.69) is 5.32 Å². The van der Waals surface area contributed by atoms with Crippen LogP contribution in [0.15, 0.2) is 42.5 Å². The third-order valence-corrected chi connectivity index (χ3v) is 3.01. The molecule has 4 heteroatoms. The van der Waals surface area contributed by atoms with Crippen molar-refractivity contribution in [3.05, 3.63) is 59.7 Å². The molecule has 0 radical (unpaired) electrons. The molecule has 0 bridgehead atoms. The molecular formula is C16H17F2NO. The summed E-state index contributed by atoms with van der Waals surface area (Å²) < 4.78 is 33.2. The van der Waals surface area contributed by atoms with Crippen LogP contribution in [0.25, 0.3) is 0 Å². The van der Waals surface area contributed by atoms with Gasteiger partial charge in [0.05, 0.1) is 0 Å². The van der Waals surface area contributed by atoms with Crippen LogP contribution in [0, 0.1) is 11.6 Å². The first-order valence-electron chi connectivity index (χ1n) is 6.57. The van der Waals surface area contributed by atoms with Crippen LogP contribution in [-0.4, -0.2) is 6.54 Å². The summed E-state index contributed by atoms with van der Waals surface area (Å²) >= 11 is 0. The van der Waals surface area contributed by atoms with Gasteiger partial charge in [-0.2, -0.15) is 0 Å². The standard InChI is InChI=1S/C16H17F2NO/c1-3-19-11(2)16-13(18)8-6-10-15(16)20-14-9-5-4-7-12(14)17/h4-11,19H,3H2,1-2H3. The first-order valence-corrected chi connectivity index (χ1v) is 6.57. The fraction of sp³-hybridized carbons (Fsp3) is 0.250. The van der Waals surface area contributed by atoms with Gasteiger partial charge in [0.15, 0.2) is 11.6 Å². The van der Waals surface area contributed by atoms with Crippen LogP contribution in [0.2, 0.25) is 0 Å². The molecule has 0 aromatic heterocycles. The molecule has 0 aliphatic heterocycles. The average Bonchev–Trinajstić information content (AvgIpc) is 2.42. The molecule has 0 aliphatic carbocycles. The second kappa shape index (κ2) is 6.48. The molecule has 0 saturated heterocycles. The van der Waals surface area contributed by atoms with Crippen molar-refractivity contribution < 1.29 is 13.5 Å². The highest BCUT2D eigenvalue weighted by Crippen LogP contribution is 2.32. The Balaban J connectivity index is 2.37. The molecule has 20 heavy (non-hydrogen) atoms. The number of hydrogen-bond donors (Lipinski definition) is 1. The van der Waals surface area contributed by atoms with Gasteiger partial charge in [-0.05, 0) is 37.7 Å². The minimum atomic E-state index is -0.473. The number of nitrogens with one attached hydrogen (secondary N) is 1. The monoisotopic (exact) mass is 277 g/mol. The van der Waals surface area contributed by atoms with Gasteiger partial charge < -0.3 is 10.1 Å². The minimum absolute atomic E-state index is 0.0862. The zero-order chi connectivity index (χ0) is 14.5. The Morgan fingerprint density at radius 2 is 1.65 bits per heavy atom. The molecule has 2 aromatic carbocycles. The van der Waals surface area contributed by atoms with E-state index >= 15 is 0 Å². The molecule has 2 nitrogen and oxygen atoms in total. The molecule has 0 fully saturated rings. The Morgan fingerprint density at radius 3 is 2.35 bits per heavy atom. The fourth-order valence-electron chi connectivity index (χ4n) is 2.08. The molecule has 0 amide bonds. The number of ether oxygens (including phenoxy) is 1. The first-order chi connectivity index (χ1) is 9.63. The maximum absolute atomic E-state index is 14.0. The van der Waals surface area contributed by atoms with Gasteiger partial charge in [-0.25, -0.2) is 8.78 Å². The number of benzene rings is 2. The van der Waals surface area contributed by atoms with E-state index in [0.29, 0.717) is 17.9 Å². The lowest BCUT2D eigenvalue weighted by molar-refractivity contribution is 0.421. The van der Waals surface area contributed by atoms with Gasteiger partial charge in [0.25, 0.3) is 0 Å². The lowest BCUT2D eigenvalue weighted by Gasteiger charge is -2.18. The van der Waals surface area contributed by atoms with Gasteiger partial charge in [0, 0.05) is 11.6 Å². The SMILES string of the molecule is CCNC(C)c1c(F)cccc1Oc1ccccc1F. The first kappa shape index (κ1) is 14.5. The summed E-state index contributed by atoms with van der Waals surface area (Å²) in [6.07, 6.45) is 0. The molecule has 0 saturated carbocycles. The molecule has 1 N–H and O–H groups in total. The quantitative estimate of drug-likeness (QED) is 0.873. The van der Waals surface area contributed by atoms with Crippen LogP contribution in [-0.2, 0) is 0 Å². The van der Waals surface area contributed by atoms with E-state index in [1.807, 2.05) is 13.8 Å². The highest BCUT2D eigenvalue weighted by molar-refractivity contribution is 5.40. The Bertz CT molecular complexity index is 586. The summed E-state index contributed by atoms with van der Waals surface area (Å²) in [5, 5.41) is 3.13. The number of halogens is 2. The van der Waals surface area contributed by atoms with E-state index in [1.54, 1.807) is 24.3 Å². The summed E-state index contributed by atoms with van der Waals surface area (Å²) in [7, 11) is 0. The van der Waals surface area contributed by atoms with Gasteiger partial charge in [-0.3, -0.25) is 0 Å². The Hall–Kier alpha value is -1.94. The van der Waals surface area contributed by atoms with E-state index in [0.717, 1.165) is 0 Å². The van der Waals surface area contributed by atoms with Crippen molar-refractivity contribution >= 4 is 0 Å². The lowest BCUT2D eigenvalue weighted by Crippen LogP contribution is -2.19. The zero-order valence-electron chi connectivity index (χ0n) is 11.5. The second-order valence-corrected chi connectivity index (χ2v) is 4.46. The van der Waals surface area contributed by atoms with Crippen LogP contribution in [0.1, 0.15) is 25.5 Å². The van der Waals surface area contributed by atoms with Gasteiger partial charge in [-0.15, -0.1) is 0 Å². The summed E-state index contributed by atoms with van der Waals surface area (Å²) in [6, 6.07) is 10.4. The smallest absolute Gasteiger partial charge is 0.165 e. The van der Waals surface area contributed by atoms with Gasteiger partial charge >= 0.3 is 0 Å². The molecule has 2 aromatic rings. The molecular weight excluding hydrogens is 260 g/mol. The third-order valence-electron chi connectivity index (χ3n) is 3.01. The number of hydrogen-bond acceptors (Lipinski definition) is 2. The molecule has 106 valence electrons. The summed E-state index contributed by atoms with van der Waals surface area (Å²) in [6.45, 7) is 4.49. The molecule has 1 unspecified atom stereocenters. The van der Waals surface area contributed by atoms with Crippen molar-refractivity contribution in [1.29, 1.82) is 0 Å². The fourth-order valence-corrected chi connectivity index (χ4v) is 2.08. The highest BCUT2D eigenvalue weighted by atomic mass is 19.1. The highest BCUT2D eigenvalue weighted by Gasteiger charge is 2.17. The van der Waals surface area contributed by atoms with E-state index in [-0.39, 0.29) is 17.6 Å². The van der Waals surface area contributed by atoms with Gasteiger partial charge in [0.1, 0.15) is 11.6 Å².